The van der Waals surface area contributed by atoms with Crippen LogP contribution in [0, 0.1) is 11.3 Å². The summed E-state index contributed by atoms with van der Waals surface area (Å²) in [6, 6.07) is 6.96. The number of aliphatic imine (C=N–C) groups is 1. The van der Waals surface area contributed by atoms with Crippen LogP contribution in [-0.4, -0.2) is 13.0 Å². The Morgan fingerprint density at radius 2 is 2.29 bits per heavy atom. The highest BCUT2D eigenvalue weighted by Crippen LogP contribution is 2.22. The van der Waals surface area contributed by atoms with Gasteiger partial charge in [0.25, 0.3) is 0 Å². The molecular weight excluding hydrogens is 200 g/mol. The second-order valence-electron chi connectivity index (χ2n) is 2.61. The second-order valence-corrected chi connectivity index (χ2v) is 3.04. The molecule has 0 aliphatic carbocycles. The van der Waals surface area contributed by atoms with Crippen LogP contribution in [-0.2, 0) is 4.74 Å². The molecule has 1 aromatic carbocycles. The smallest absolute Gasteiger partial charge is 0.184 e. The van der Waals surface area contributed by atoms with E-state index in [0.29, 0.717) is 22.2 Å². The lowest BCUT2D eigenvalue weighted by Gasteiger charge is -2.00. The van der Waals surface area contributed by atoms with Crippen molar-refractivity contribution in [2.24, 2.45) is 4.99 Å². The van der Waals surface area contributed by atoms with Gasteiger partial charge in [-0.15, -0.1) is 0 Å². The maximum absolute atomic E-state index is 8.81. The number of hydrogen-bond donors (Lipinski definition) is 0. The monoisotopic (exact) mass is 208 g/mol. The van der Waals surface area contributed by atoms with E-state index in [4.69, 9.17) is 21.6 Å². The largest absolute Gasteiger partial charge is 0.484 e. The van der Waals surface area contributed by atoms with E-state index in [2.05, 4.69) is 4.99 Å². The summed E-state index contributed by atoms with van der Waals surface area (Å²) in [6.07, 6.45) is 0. The minimum atomic E-state index is 0.439. The number of halogens is 1. The summed E-state index contributed by atoms with van der Waals surface area (Å²) >= 11 is 5.74. The van der Waals surface area contributed by atoms with Crippen LogP contribution in [0.1, 0.15) is 12.5 Å². The van der Waals surface area contributed by atoms with Gasteiger partial charge in [-0.05, 0) is 18.2 Å². The Kier molecular flexibility index (Phi) is 3.49. The van der Waals surface area contributed by atoms with Gasteiger partial charge < -0.3 is 4.74 Å². The Labute approximate surface area is 87.6 Å². The van der Waals surface area contributed by atoms with Gasteiger partial charge in [0.05, 0.1) is 18.4 Å². The Balaban J connectivity index is 3.17. The predicted molar refractivity (Wildman–Crippen MR) is 55.9 cm³/mol. The van der Waals surface area contributed by atoms with Gasteiger partial charge in [0, 0.05) is 11.9 Å². The van der Waals surface area contributed by atoms with Crippen LogP contribution < -0.4 is 0 Å². The highest BCUT2D eigenvalue weighted by Gasteiger charge is 2.01. The lowest BCUT2D eigenvalue weighted by atomic mass is 10.2. The summed E-state index contributed by atoms with van der Waals surface area (Å²) in [4.78, 5) is 4.10. The average molecular weight is 209 g/mol. The molecule has 0 radical (unpaired) electrons. The third kappa shape index (κ3) is 2.48. The number of rotatable bonds is 1. The fourth-order valence-corrected chi connectivity index (χ4v) is 1.08. The molecule has 0 saturated carbocycles. The van der Waals surface area contributed by atoms with Crippen LogP contribution in [0.15, 0.2) is 23.2 Å². The molecule has 3 nitrogen and oxygen atoms in total. The maximum Gasteiger partial charge on any atom is 0.184 e. The first-order chi connectivity index (χ1) is 6.67. The third-order valence-electron chi connectivity index (χ3n) is 1.65. The lowest BCUT2D eigenvalue weighted by molar-refractivity contribution is 0.400. The van der Waals surface area contributed by atoms with E-state index in [1.54, 1.807) is 25.1 Å². The van der Waals surface area contributed by atoms with Crippen molar-refractivity contribution in [3.63, 3.8) is 0 Å². The molecule has 0 aromatic heterocycles. The van der Waals surface area contributed by atoms with E-state index < -0.39 is 0 Å². The molecule has 0 saturated heterocycles. The van der Waals surface area contributed by atoms with Crippen molar-refractivity contribution in [2.45, 2.75) is 6.92 Å². The normalized spacial score (nSPS) is 10.9. The SMILES string of the molecule is COC(C)=Nc1ccc(Cl)cc1C#N. The summed E-state index contributed by atoms with van der Waals surface area (Å²) in [7, 11) is 1.53. The number of hydrogen-bond acceptors (Lipinski definition) is 3. The number of ether oxygens (including phenoxy) is 1. The van der Waals surface area contributed by atoms with Gasteiger partial charge in [0.1, 0.15) is 6.07 Å². The third-order valence-corrected chi connectivity index (χ3v) is 1.89. The van der Waals surface area contributed by atoms with Gasteiger partial charge in [-0.25, -0.2) is 4.99 Å². The summed E-state index contributed by atoms with van der Waals surface area (Å²) < 4.78 is 4.89. The average Bonchev–Trinajstić information content (AvgIpc) is 2.20. The van der Waals surface area contributed by atoms with Crippen LogP contribution in [0.3, 0.4) is 0 Å². The first-order valence-electron chi connectivity index (χ1n) is 3.96. The second kappa shape index (κ2) is 4.64. The summed E-state index contributed by atoms with van der Waals surface area (Å²) in [6.45, 7) is 1.72. The minimum absolute atomic E-state index is 0.439. The van der Waals surface area contributed by atoms with Crippen molar-refractivity contribution in [3.05, 3.63) is 28.8 Å². The highest BCUT2D eigenvalue weighted by molar-refractivity contribution is 6.30. The lowest BCUT2D eigenvalue weighted by Crippen LogP contribution is -1.92. The van der Waals surface area contributed by atoms with Gasteiger partial charge in [-0.2, -0.15) is 5.26 Å². The zero-order valence-electron chi connectivity index (χ0n) is 7.91. The van der Waals surface area contributed by atoms with Crippen molar-refractivity contribution in [2.75, 3.05) is 7.11 Å². The topological polar surface area (TPSA) is 45.4 Å². The molecule has 0 aliphatic rings. The van der Waals surface area contributed by atoms with Gasteiger partial charge >= 0.3 is 0 Å². The van der Waals surface area contributed by atoms with Crippen molar-refractivity contribution < 1.29 is 4.74 Å². The van der Waals surface area contributed by atoms with E-state index in [-0.39, 0.29) is 0 Å². The Morgan fingerprint density at radius 1 is 1.57 bits per heavy atom. The molecule has 0 spiro atoms. The summed E-state index contributed by atoms with van der Waals surface area (Å²) in [5.74, 6) is 0.504. The van der Waals surface area contributed by atoms with Crippen LogP contribution in [0.4, 0.5) is 5.69 Å². The van der Waals surface area contributed by atoms with Gasteiger partial charge in [0.2, 0.25) is 0 Å². The molecular formula is C10H9ClN2O. The minimum Gasteiger partial charge on any atom is -0.484 e. The molecule has 0 fully saturated rings. The van der Waals surface area contributed by atoms with E-state index in [1.807, 2.05) is 6.07 Å². The number of nitriles is 1. The zero-order chi connectivity index (χ0) is 10.6. The van der Waals surface area contributed by atoms with Crippen molar-refractivity contribution in [3.8, 4) is 6.07 Å². The molecule has 4 heteroatoms. The highest BCUT2D eigenvalue weighted by atomic mass is 35.5. The first-order valence-corrected chi connectivity index (χ1v) is 4.34. The van der Waals surface area contributed by atoms with Crippen LogP contribution in [0.25, 0.3) is 0 Å². The Bertz CT molecular complexity index is 407. The molecule has 0 unspecified atom stereocenters. The van der Waals surface area contributed by atoms with Crippen LogP contribution >= 0.6 is 11.6 Å². The Hall–Kier alpha value is -1.53. The quantitative estimate of drug-likeness (QED) is 0.526. The maximum atomic E-state index is 8.81. The number of benzene rings is 1. The van der Waals surface area contributed by atoms with E-state index in [0.717, 1.165) is 0 Å². The summed E-state index contributed by atoms with van der Waals surface area (Å²) in [5.41, 5.74) is 1.00. The van der Waals surface area contributed by atoms with Crippen molar-refractivity contribution in [1.82, 2.24) is 0 Å². The fourth-order valence-electron chi connectivity index (χ4n) is 0.911. The molecule has 1 aromatic rings. The fraction of sp³-hybridized carbons (Fsp3) is 0.200. The molecule has 0 heterocycles. The van der Waals surface area contributed by atoms with Crippen molar-refractivity contribution in [1.29, 1.82) is 5.26 Å². The van der Waals surface area contributed by atoms with E-state index >= 15 is 0 Å². The first kappa shape index (κ1) is 10.6. The standard InChI is InChI=1S/C10H9ClN2O/c1-7(14-2)13-10-4-3-9(11)5-8(10)6-12/h3-5H,1-2H3. The zero-order valence-corrected chi connectivity index (χ0v) is 8.67. The Morgan fingerprint density at radius 3 is 2.86 bits per heavy atom. The predicted octanol–water partition coefficient (Wildman–Crippen LogP) is 2.91. The molecule has 0 atom stereocenters. The van der Waals surface area contributed by atoms with E-state index in [9.17, 15) is 0 Å². The molecule has 0 bridgehead atoms. The molecule has 0 amide bonds. The van der Waals surface area contributed by atoms with Gasteiger partial charge in [0.15, 0.2) is 5.90 Å². The molecule has 0 aliphatic heterocycles. The number of methoxy groups -OCH3 is 1. The van der Waals surface area contributed by atoms with E-state index in [1.165, 1.54) is 7.11 Å². The van der Waals surface area contributed by atoms with Crippen LogP contribution in [0.5, 0.6) is 0 Å². The molecule has 1 rings (SSSR count). The van der Waals surface area contributed by atoms with Crippen molar-refractivity contribution >= 4 is 23.2 Å². The molecule has 14 heavy (non-hydrogen) atoms. The van der Waals surface area contributed by atoms with Crippen LogP contribution in [0.2, 0.25) is 5.02 Å². The van der Waals surface area contributed by atoms with Gasteiger partial charge in [-0.1, -0.05) is 11.6 Å². The molecule has 0 N–H and O–H groups in total. The number of nitrogens with zero attached hydrogens (tertiary/aromatic N) is 2. The summed E-state index contributed by atoms with van der Waals surface area (Å²) in [5, 5.41) is 9.33. The van der Waals surface area contributed by atoms with Gasteiger partial charge in [-0.3, -0.25) is 0 Å². The molecule has 72 valence electrons.